The molecule has 126 valence electrons. The lowest BCUT2D eigenvalue weighted by Gasteiger charge is -2.28. The Balaban J connectivity index is 1.93. The molecule has 0 aliphatic heterocycles. The molecule has 3 aromatic rings. The summed E-state index contributed by atoms with van der Waals surface area (Å²) in [6.45, 7) is 5.97. The van der Waals surface area contributed by atoms with Crippen molar-refractivity contribution in [3.05, 3.63) is 40.9 Å². The minimum atomic E-state index is -0.346. The van der Waals surface area contributed by atoms with Crippen LogP contribution in [0.2, 0.25) is 0 Å². The summed E-state index contributed by atoms with van der Waals surface area (Å²) in [5.74, 6) is -0.208. The number of aromatic nitrogens is 2. The number of hydrogen-bond acceptors (Lipinski definition) is 4. The largest absolute Gasteiger partial charge is 0.448 e. The third-order valence-corrected chi connectivity index (χ3v) is 4.67. The second-order valence-electron chi connectivity index (χ2n) is 6.27. The van der Waals surface area contributed by atoms with Crippen LogP contribution in [-0.2, 0) is 11.3 Å². The lowest BCUT2D eigenvalue weighted by Crippen LogP contribution is -2.47. The first kappa shape index (κ1) is 16.2. The second kappa shape index (κ2) is 6.11. The molecule has 24 heavy (non-hydrogen) atoms. The highest BCUT2D eigenvalue weighted by Gasteiger charge is 2.22. The average molecular weight is 327 g/mol. The van der Waals surface area contributed by atoms with Gasteiger partial charge in [0.15, 0.2) is 0 Å². The standard InChI is InChI=1S/C18H21N3O3/c1-4-18(3,5-2)20-14(22)10-21-11-19-15-12-8-6-7-9-13(12)24-16(15)17(21)23/h6-9,11H,4-5,10H2,1-3H3,(H,20,22). The fourth-order valence-corrected chi connectivity index (χ4v) is 2.69. The summed E-state index contributed by atoms with van der Waals surface area (Å²) in [7, 11) is 0. The second-order valence-corrected chi connectivity index (χ2v) is 6.27. The van der Waals surface area contributed by atoms with Crippen LogP contribution in [0.3, 0.4) is 0 Å². The number of nitrogens with zero attached hydrogens (tertiary/aromatic N) is 2. The van der Waals surface area contributed by atoms with Gasteiger partial charge in [-0.15, -0.1) is 0 Å². The molecule has 0 atom stereocenters. The van der Waals surface area contributed by atoms with Gasteiger partial charge in [-0.1, -0.05) is 26.0 Å². The van der Waals surface area contributed by atoms with Crippen LogP contribution in [0, 0.1) is 0 Å². The van der Waals surface area contributed by atoms with E-state index in [4.69, 9.17) is 4.42 Å². The smallest absolute Gasteiger partial charge is 0.297 e. The van der Waals surface area contributed by atoms with Crippen molar-refractivity contribution in [1.82, 2.24) is 14.9 Å². The maximum atomic E-state index is 12.6. The molecule has 0 saturated carbocycles. The Labute approximate surface area is 139 Å². The number of hydrogen-bond donors (Lipinski definition) is 1. The third kappa shape index (κ3) is 2.79. The van der Waals surface area contributed by atoms with Gasteiger partial charge in [-0.05, 0) is 31.9 Å². The molecule has 0 aliphatic rings. The molecule has 0 unspecified atom stereocenters. The lowest BCUT2D eigenvalue weighted by atomic mass is 9.95. The normalized spacial score (nSPS) is 12.0. The van der Waals surface area contributed by atoms with E-state index in [0.29, 0.717) is 11.1 Å². The number of carbonyl (C=O) groups excluding carboxylic acids is 1. The summed E-state index contributed by atoms with van der Waals surface area (Å²) in [6.07, 6.45) is 3.05. The summed E-state index contributed by atoms with van der Waals surface area (Å²) in [4.78, 5) is 29.2. The summed E-state index contributed by atoms with van der Waals surface area (Å²) in [5, 5.41) is 3.78. The Morgan fingerprint density at radius 3 is 2.71 bits per heavy atom. The van der Waals surface area contributed by atoms with Gasteiger partial charge < -0.3 is 9.73 Å². The SMILES string of the molecule is CCC(C)(CC)NC(=O)Cn1cnc2c(oc3ccccc32)c1=O. The van der Waals surface area contributed by atoms with Gasteiger partial charge in [-0.2, -0.15) is 0 Å². The third-order valence-electron chi connectivity index (χ3n) is 4.67. The van der Waals surface area contributed by atoms with Crippen molar-refractivity contribution >= 4 is 28.0 Å². The van der Waals surface area contributed by atoms with Crippen LogP contribution in [0.5, 0.6) is 0 Å². The monoisotopic (exact) mass is 327 g/mol. The molecular weight excluding hydrogens is 306 g/mol. The molecule has 2 aromatic heterocycles. The van der Waals surface area contributed by atoms with Gasteiger partial charge in [-0.25, -0.2) is 4.98 Å². The summed E-state index contributed by atoms with van der Waals surface area (Å²) in [6, 6.07) is 7.36. The fourth-order valence-electron chi connectivity index (χ4n) is 2.69. The van der Waals surface area contributed by atoms with E-state index in [2.05, 4.69) is 10.3 Å². The minimum Gasteiger partial charge on any atom is -0.448 e. The van der Waals surface area contributed by atoms with Gasteiger partial charge in [0, 0.05) is 10.9 Å². The molecule has 3 rings (SSSR count). The number of para-hydroxylation sites is 1. The molecule has 0 aliphatic carbocycles. The number of furan rings is 1. The predicted octanol–water partition coefficient (Wildman–Crippen LogP) is 2.84. The van der Waals surface area contributed by atoms with Gasteiger partial charge in [0.05, 0.1) is 6.33 Å². The van der Waals surface area contributed by atoms with Gasteiger partial charge >= 0.3 is 0 Å². The van der Waals surface area contributed by atoms with E-state index < -0.39 is 0 Å². The molecule has 1 amide bonds. The van der Waals surface area contributed by atoms with Crippen LogP contribution in [0.1, 0.15) is 33.6 Å². The van der Waals surface area contributed by atoms with E-state index in [0.717, 1.165) is 18.2 Å². The number of amides is 1. The van der Waals surface area contributed by atoms with Crippen LogP contribution < -0.4 is 10.9 Å². The van der Waals surface area contributed by atoms with E-state index >= 15 is 0 Å². The van der Waals surface area contributed by atoms with Crippen molar-refractivity contribution in [3.63, 3.8) is 0 Å². The van der Waals surface area contributed by atoms with Crippen molar-refractivity contribution in [3.8, 4) is 0 Å². The van der Waals surface area contributed by atoms with E-state index in [-0.39, 0.29) is 29.1 Å². The van der Waals surface area contributed by atoms with Crippen molar-refractivity contribution in [1.29, 1.82) is 0 Å². The fraction of sp³-hybridized carbons (Fsp3) is 0.389. The molecule has 0 radical (unpaired) electrons. The molecule has 0 spiro atoms. The quantitative estimate of drug-likeness (QED) is 0.782. The van der Waals surface area contributed by atoms with Gasteiger partial charge in [0.25, 0.3) is 5.56 Å². The van der Waals surface area contributed by atoms with Crippen molar-refractivity contribution in [2.45, 2.75) is 45.7 Å². The van der Waals surface area contributed by atoms with E-state index in [1.807, 2.05) is 39.0 Å². The first-order valence-electron chi connectivity index (χ1n) is 8.15. The Hall–Kier alpha value is -2.63. The maximum Gasteiger partial charge on any atom is 0.297 e. The molecule has 6 heteroatoms. The zero-order valence-electron chi connectivity index (χ0n) is 14.1. The minimum absolute atomic E-state index is 0.0750. The van der Waals surface area contributed by atoms with E-state index in [9.17, 15) is 9.59 Å². The molecule has 2 heterocycles. The topological polar surface area (TPSA) is 77.1 Å². The molecular formula is C18H21N3O3. The number of rotatable bonds is 5. The first-order valence-corrected chi connectivity index (χ1v) is 8.15. The van der Waals surface area contributed by atoms with Gasteiger partial charge in [0.1, 0.15) is 17.6 Å². The molecule has 0 saturated heterocycles. The molecule has 6 nitrogen and oxygen atoms in total. The number of carbonyl (C=O) groups is 1. The van der Waals surface area contributed by atoms with E-state index in [1.165, 1.54) is 10.9 Å². The molecule has 1 aromatic carbocycles. The maximum absolute atomic E-state index is 12.6. The van der Waals surface area contributed by atoms with Crippen molar-refractivity contribution in [2.24, 2.45) is 0 Å². The highest BCUT2D eigenvalue weighted by atomic mass is 16.3. The zero-order valence-corrected chi connectivity index (χ0v) is 14.1. The molecule has 1 N–H and O–H groups in total. The summed E-state index contributed by atoms with van der Waals surface area (Å²) < 4.78 is 6.90. The highest BCUT2D eigenvalue weighted by molar-refractivity contribution is 6.01. The number of fused-ring (bicyclic) bond motifs is 3. The highest BCUT2D eigenvalue weighted by Crippen LogP contribution is 2.24. The number of benzene rings is 1. The predicted molar refractivity (Wildman–Crippen MR) is 92.9 cm³/mol. The molecule has 0 bridgehead atoms. The summed E-state index contributed by atoms with van der Waals surface area (Å²) in [5.41, 5.74) is 0.710. The van der Waals surface area contributed by atoms with E-state index in [1.54, 1.807) is 6.07 Å². The van der Waals surface area contributed by atoms with Crippen LogP contribution in [0.25, 0.3) is 22.1 Å². The Bertz CT molecular complexity index is 951. The van der Waals surface area contributed by atoms with Crippen LogP contribution >= 0.6 is 0 Å². The van der Waals surface area contributed by atoms with Crippen molar-refractivity contribution < 1.29 is 9.21 Å². The first-order chi connectivity index (χ1) is 11.5. The van der Waals surface area contributed by atoms with Gasteiger partial charge in [0.2, 0.25) is 11.5 Å². The zero-order chi connectivity index (χ0) is 17.3. The Morgan fingerprint density at radius 1 is 1.29 bits per heavy atom. The van der Waals surface area contributed by atoms with Crippen molar-refractivity contribution in [2.75, 3.05) is 0 Å². The number of nitrogens with one attached hydrogen (secondary N) is 1. The van der Waals surface area contributed by atoms with Crippen LogP contribution in [-0.4, -0.2) is 21.0 Å². The average Bonchev–Trinajstić information content (AvgIpc) is 2.97. The van der Waals surface area contributed by atoms with Crippen LogP contribution in [0.15, 0.2) is 39.8 Å². The van der Waals surface area contributed by atoms with Crippen LogP contribution in [0.4, 0.5) is 0 Å². The Kier molecular flexibility index (Phi) is 4.13. The summed E-state index contributed by atoms with van der Waals surface area (Å²) >= 11 is 0. The lowest BCUT2D eigenvalue weighted by molar-refractivity contribution is -0.123. The Morgan fingerprint density at radius 2 is 2.00 bits per heavy atom. The molecule has 0 fully saturated rings. The van der Waals surface area contributed by atoms with Gasteiger partial charge in [-0.3, -0.25) is 14.2 Å².